The van der Waals surface area contributed by atoms with E-state index in [4.69, 9.17) is 9.15 Å². The van der Waals surface area contributed by atoms with E-state index in [0.29, 0.717) is 18.8 Å². The van der Waals surface area contributed by atoms with Crippen molar-refractivity contribution in [3.8, 4) is 0 Å². The van der Waals surface area contributed by atoms with Gasteiger partial charge in [0.1, 0.15) is 11.4 Å². The maximum Gasteiger partial charge on any atom is 0.310 e. The summed E-state index contributed by atoms with van der Waals surface area (Å²) >= 11 is 0. The third kappa shape index (κ3) is 6.02. The summed E-state index contributed by atoms with van der Waals surface area (Å²) in [6, 6.07) is 10.0. The molecule has 1 aliphatic heterocycles. The number of aryl methyl sites for hydroxylation is 2. The monoisotopic (exact) mass is 523 g/mol. The number of furan rings is 1. The Hall–Kier alpha value is -3.66. The molecule has 0 saturated carbocycles. The number of esters is 1. The highest BCUT2D eigenvalue weighted by Crippen LogP contribution is 2.30. The molecule has 5 rings (SSSR count). The number of hydrogen-bond donors (Lipinski definition) is 2. The third-order valence-corrected chi connectivity index (χ3v) is 8.00. The number of carbonyl (C=O) groups is 2. The first-order valence-corrected chi connectivity index (χ1v) is 14.0. The number of amides is 1. The maximum absolute atomic E-state index is 12.8. The van der Waals surface area contributed by atoms with E-state index in [1.807, 2.05) is 6.07 Å². The minimum absolute atomic E-state index is 0.00700. The Labute approximate surface area is 215 Å². The molecule has 3 aromatic rings. The second-order valence-electron chi connectivity index (χ2n) is 9.39. The van der Waals surface area contributed by atoms with Gasteiger partial charge in [-0.3, -0.25) is 19.3 Å². The number of carbonyl (C=O) groups excluding carboxylic acids is 2. The Morgan fingerprint density at radius 1 is 1.00 bits per heavy atom. The van der Waals surface area contributed by atoms with Crippen molar-refractivity contribution < 1.29 is 27.2 Å². The number of hydrogen-bond acceptors (Lipinski definition) is 7. The zero-order valence-corrected chi connectivity index (χ0v) is 21.2. The molecule has 0 radical (unpaired) electrons. The van der Waals surface area contributed by atoms with E-state index >= 15 is 0 Å². The number of amidine groups is 1. The van der Waals surface area contributed by atoms with Crippen molar-refractivity contribution >= 4 is 44.4 Å². The highest BCUT2D eigenvalue weighted by Gasteiger charge is 2.20. The van der Waals surface area contributed by atoms with Crippen LogP contribution >= 0.6 is 0 Å². The molecule has 0 fully saturated rings. The van der Waals surface area contributed by atoms with Crippen molar-refractivity contribution in [2.24, 2.45) is 4.99 Å². The molecule has 2 aromatic carbocycles. The van der Waals surface area contributed by atoms with Crippen LogP contribution in [0.3, 0.4) is 0 Å². The lowest BCUT2D eigenvalue weighted by Gasteiger charge is -2.11. The van der Waals surface area contributed by atoms with Gasteiger partial charge in [0.2, 0.25) is 0 Å². The Bertz CT molecular complexity index is 1470. The van der Waals surface area contributed by atoms with Crippen molar-refractivity contribution in [2.75, 3.05) is 18.5 Å². The maximum atomic E-state index is 12.8. The zero-order valence-electron chi connectivity index (χ0n) is 20.4. The lowest BCUT2D eigenvalue weighted by molar-refractivity contribution is -0.146. The predicted molar refractivity (Wildman–Crippen MR) is 139 cm³/mol. The summed E-state index contributed by atoms with van der Waals surface area (Å²) in [5.41, 5.74) is 4.32. The van der Waals surface area contributed by atoms with Crippen LogP contribution in [-0.2, 0) is 43.6 Å². The summed E-state index contributed by atoms with van der Waals surface area (Å²) in [4.78, 5) is 29.1. The zero-order chi connectivity index (χ0) is 25.8. The molecule has 194 valence electrons. The molecule has 1 aromatic heterocycles. The lowest BCUT2D eigenvalue weighted by Crippen LogP contribution is -2.30. The van der Waals surface area contributed by atoms with Crippen LogP contribution in [0.25, 0.3) is 11.0 Å². The van der Waals surface area contributed by atoms with E-state index in [9.17, 15) is 18.0 Å². The second-order valence-corrected chi connectivity index (χ2v) is 11.1. The standard InChI is InChI=1S/C27H29N3O6S/c31-26(17-36-27(32)14-20-16-35-24-13-19-7-4-6-18(19)12-23(20)24)29-21-8-5-9-22(15-21)37(33,34)30-25-10-2-1-3-11-28-25/h5,8-9,12-13,15-16H,1-4,6-7,10-11,14,17H2,(H,28,30)(H,29,31). The number of anilines is 1. The summed E-state index contributed by atoms with van der Waals surface area (Å²) in [5.74, 6) is -0.671. The highest BCUT2D eigenvalue weighted by molar-refractivity contribution is 7.90. The normalized spacial score (nSPS) is 15.5. The number of benzene rings is 2. The first kappa shape index (κ1) is 25.0. The Morgan fingerprint density at radius 2 is 1.84 bits per heavy atom. The fourth-order valence-corrected chi connectivity index (χ4v) is 5.88. The molecule has 2 N–H and O–H groups in total. The van der Waals surface area contributed by atoms with Crippen molar-refractivity contribution in [3.05, 3.63) is 59.4 Å². The van der Waals surface area contributed by atoms with Crippen molar-refractivity contribution in [1.82, 2.24) is 4.72 Å². The van der Waals surface area contributed by atoms with Gasteiger partial charge in [0, 0.05) is 29.6 Å². The Kier molecular flexibility index (Phi) is 7.27. The third-order valence-electron chi connectivity index (χ3n) is 6.62. The number of aliphatic imine (C=N–C) groups is 1. The lowest BCUT2D eigenvalue weighted by atomic mass is 10.0. The Balaban J connectivity index is 1.16. The molecule has 0 unspecified atom stereocenters. The van der Waals surface area contributed by atoms with Crippen LogP contribution in [0.15, 0.2) is 57.0 Å². The van der Waals surface area contributed by atoms with E-state index in [2.05, 4.69) is 21.1 Å². The summed E-state index contributed by atoms with van der Waals surface area (Å²) in [6.07, 6.45) is 8.15. The van der Waals surface area contributed by atoms with Gasteiger partial charge in [-0.25, -0.2) is 8.42 Å². The number of nitrogens with zero attached hydrogens (tertiary/aromatic N) is 1. The molecular weight excluding hydrogens is 494 g/mol. The van der Waals surface area contributed by atoms with Crippen LogP contribution in [0.4, 0.5) is 5.69 Å². The van der Waals surface area contributed by atoms with Gasteiger partial charge in [-0.2, -0.15) is 0 Å². The van der Waals surface area contributed by atoms with E-state index in [0.717, 1.165) is 55.1 Å². The van der Waals surface area contributed by atoms with Crippen molar-refractivity contribution in [3.63, 3.8) is 0 Å². The van der Waals surface area contributed by atoms with E-state index in [1.165, 1.54) is 29.3 Å². The summed E-state index contributed by atoms with van der Waals surface area (Å²) in [6.45, 7) is 0.113. The number of rotatable bonds is 7. The van der Waals surface area contributed by atoms with Gasteiger partial charge in [-0.15, -0.1) is 0 Å². The highest BCUT2D eigenvalue weighted by atomic mass is 32.2. The van der Waals surface area contributed by atoms with Crippen LogP contribution in [0.5, 0.6) is 0 Å². The molecule has 1 aliphatic carbocycles. The molecule has 1 amide bonds. The topological polar surface area (TPSA) is 127 Å². The quantitative estimate of drug-likeness (QED) is 0.452. The predicted octanol–water partition coefficient (Wildman–Crippen LogP) is 3.90. The first-order chi connectivity index (χ1) is 17.9. The van der Waals surface area contributed by atoms with E-state index in [1.54, 1.807) is 12.3 Å². The molecule has 10 heteroatoms. The molecule has 9 nitrogen and oxygen atoms in total. The van der Waals surface area contributed by atoms with Gasteiger partial charge >= 0.3 is 5.97 Å². The molecule has 2 aliphatic rings. The van der Waals surface area contributed by atoms with Crippen LogP contribution in [0.1, 0.15) is 48.8 Å². The van der Waals surface area contributed by atoms with E-state index < -0.39 is 28.5 Å². The van der Waals surface area contributed by atoms with Crippen LogP contribution in [0.2, 0.25) is 0 Å². The van der Waals surface area contributed by atoms with Crippen LogP contribution in [0, 0.1) is 0 Å². The summed E-state index contributed by atoms with van der Waals surface area (Å²) in [7, 11) is -3.84. The number of fused-ring (bicyclic) bond motifs is 2. The first-order valence-electron chi connectivity index (χ1n) is 12.5. The fourth-order valence-electron chi connectivity index (χ4n) is 4.75. The molecule has 0 spiro atoms. The van der Waals surface area contributed by atoms with Gasteiger partial charge in [0.25, 0.3) is 15.9 Å². The average Bonchev–Trinajstić information content (AvgIpc) is 3.40. The SMILES string of the molecule is O=C(COC(=O)Cc1coc2cc3c(cc12)CCC3)Nc1cccc(S(=O)(=O)NC2=NCCCCC2)c1. The fraction of sp³-hybridized carbons (Fsp3) is 0.370. The smallest absolute Gasteiger partial charge is 0.310 e. The van der Waals surface area contributed by atoms with Crippen molar-refractivity contribution in [2.45, 2.75) is 56.3 Å². The van der Waals surface area contributed by atoms with Gasteiger partial charge in [0.05, 0.1) is 17.6 Å². The number of ether oxygens (including phenoxy) is 1. The van der Waals surface area contributed by atoms with Gasteiger partial charge in [0.15, 0.2) is 6.61 Å². The van der Waals surface area contributed by atoms with Gasteiger partial charge < -0.3 is 14.5 Å². The molecule has 0 saturated heterocycles. The number of sulfonamides is 1. The molecule has 0 atom stereocenters. The van der Waals surface area contributed by atoms with Gasteiger partial charge in [-0.1, -0.05) is 12.5 Å². The molecular formula is C27H29N3O6S. The molecule has 2 heterocycles. The van der Waals surface area contributed by atoms with Crippen LogP contribution < -0.4 is 10.0 Å². The number of nitrogens with one attached hydrogen (secondary N) is 2. The Morgan fingerprint density at radius 3 is 2.70 bits per heavy atom. The molecule has 37 heavy (non-hydrogen) atoms. The average molecular weight is 524 g/mol. The minimum atomic E-state index is -3.84. The largest absolute Gasteiger partial charge is 0.464 e. The minimum Gasteiger partial charge on any atom is -0.464 e. The molecule has 0 bridgehead atoms. The second kappa shape index (κ2) is 10.8. The van der Waals surface area contributed by atoms with E-state index in [-0.39, 0.29) is 17.0 Å². The van der Waals surface area contributed by atoms with Crippen molar-refractivity contribution in [1.29, 1.82) is 0 Å². The van der Waals surface area contributed by atoms with Crippen LogP contribution in [-0.4, -0.2) is 39.3 Å². The summed E-state index contributed by atoms with van der Waals surface area (Å²) in [5, 5.41) is 3.48. The summed E-state index contributed by atoms with van der Waals surface area (Å²) < 4.78 is 38.9. The van der Waals surface area contributed by atoms with Gasteiger partial charge in [-0.05, 0) is 73.6 Å².